The normalized spacial score (nSPS) is 26.1. The zero-order chi connectivity index (χ0) is 13.5. The SMILES string of the molecule is COc1ccnc(N2CCC3(CC(=O)NC3=O)C2)n1. The number of imide groups is 1. The first-order chi connectivity index (χ1) is 9.13. The van der Waals surface area contributed by atoms with E-state index in [-0.39, 0.29) is 18.2 Å². The van der Waals surface area contributed by atoms with Crippen molar-refractivity contribution < 1.29 is 14.3 Å². The van der Waals surface area contributed by atoms with Crippen LogP contribution in [0.25, 0.3) is 0 Å². The van der Waals surface area contributed by atoms with Crippen molar-refractivity contribution in [3.05, 3.63) is 12.3 Å². The number of carbonyl (C=O) groups is 2. The summed E-state index contributed by atoms with van der Waals surface area (Å²) in [5, 5.41) is 2.37. The van der Waals surface area contributed by atoms with Gasteiger partial charge in [-0.3, -0.25) is 14.9 Å². The van der Waals surface area contributed by atoms with Crippen LogP contribution in [-0.4, -0.2) is 42.0 Å². The summed E-state index contributed by atoms with van der Waals surface area (Å²) in [6, 6.07) is 1.67. The van der Waals surface area contributed by atoms with Crippen LogP contribution in [0.4, 0.5) is 5.95 Å². The lowest BCUT2D eigenvalue weighted by molar-refractivity contribution is -0.127. The monoisotopic (exact) mass is 262 g/mol. The molecule has 2 fully saturated rings. The molecule has 0 radical (unpaired) electrons. The molecule has 1 atom stereocenters. The standard InChI is InChI=1S/C12H14N4O3/c1-19-9-2-4-13-11(15-9)16-5-3-12(7-16)6-8(17)14-10(12)18/h2,4H,3,5-7H2,1H3,(H,14,17,18). The van der Waals surface area contributed by atoms with E-state index in [1.807, 2.05) is 4.90 Å². The summed E-state index contributed by atoms with van der Waals surface area (Å²) in [6.07, 6.45) is 2.52. The molecule has 2 aliphatic heterocycles. The van der Waals surface area contributed by atoms with Gasteiger partial charge < -0.3 is 9.64 Å². The molecule has 2 amide bonds. The van der Waals surface area contributed by atoms with E-state index in [2.05, 4.69) is 15.3 Å². The van der Waals surface area contributed by atoms with Crippen LogP contribution in [0.1, 0.15) is 12.8 Å². The maximum Gasteiger partial charge on any atom is 0.235 e. The van der Waals surface area contributed by atoms with E-state index >= 15 is 0 Å². The fourth-order valence-electron chi connectivity index (χ4n) is 2.66. The van der Waals surface area contributed by atoms with Crippen molar-refractivity contribution in [1.82, 2.24) is 15.3 Å². The first kappa shape index (κ1) is 11.9. The molecule has 0 saturated carbocycles. The Morgan fingerprint density at radius 2 is 2.32 bits per heavy atom. The van der Waals surface area contributed by atoms with E-state index < -0.39 is 5.41 Å². The zero-order valence-electron chi connectivity index (χ0n) is 10.5. The van der Waals surface area contributed by atoms with Crippen LogP contribution in [0.3, 0.4) is 0 Å². The van der Waals surface area contributed by atoms with Crippen molar-refractivity contribution in [2.45, 2.75) is 12.8 Å². The summed E-state index contributed by atoms with van der Waals surface area (Å²) in [7, 11) is 1.54. The highest BCUT2D eigenvalue weighted by molar-refractivity contribution is 6.06. The number of methoxy groups -OCH3 is 1. The number of ether oxygens (including phenoxy) is 1. The van der Waals surface area contributed by atoms with Gasteiger partial charge in [0.05, 0.1) is 12.5 Å². The molecule has 100 valence electrons. The highest BCUT2D eigenvalue weighted by Gasteiger charge is 2.51. The lowest BCUT2D eigenvalue weighted by atomic mass is 9.85. The third-order valence-corrected chi connectivity index (χ3v) is 3.70. The third kappa shape index (κ3) is 1.91. The quantitative estimate of drug-likeness (QED) is 0.738. The minimum Gasteiger partial charge on any atom is -0.481 e. The predicted molar refractivity (Wildman–Crippen MR) is 65.6 cm³/mol. The van der Waals surface area contributed by atoms with Crippen molar-refractivity contribution in [1.29, 1.82) is 0 Å². The van der Waals surface area contributed by atoms with Gasteiger partial charge in [-0.1, -0.05) is 0 Å². The topological polar surface area (TPSA) is 84.4 Å². The fourth-order valence-corrected chi connectivity index (χ4v) is 2.66. The summed E-state index contributed by atoms with van der Waals surface area (Å²) in [4.78, 5) is 33.6. The lowest BCUT2D eigenvalue weighted by Gasteiger charge is -2.20. The van der Waals surface area contributed by atoms with Gasteiger partial charge in [-0.25, -0.2) is 4.98 Å². The lowest BCUT2D eigenvalue weighted by Crippen LogP contribution is -2.35. The molecule has 1 N–H and O–H groups in total. The van der Waals surface area contributed by atoms with E-state index in [4.69, 9.17) is 4.74 Å². The molecular weight excluding hydrogens is 248 g/mol. The molecule has 7 heteroatoms. The minimum atomic E-state index is -0.608. The molecule has 0 aromatic carbocycles. The maximum atomic E-state index is 11.9. The van der Waals surface area contributed by atoms with Gasteiger partial charge in [-0.05, 0) is 6.42 Å². The molecule has 2 saturated heterocycles. The number of nitrogens with one attached hydrogen (secondary N) is 1. The predicted octanol–water partition coefficient (Wildman–Crippen LogP) is -0.272. The maximum absolute atomic E-state index is 11.9. The van der Waals surface area contributed by atoms with Gasteiger partial charge in [0.15, 0.2) is 0 Å². The van der Waals surface area contributed by atoms with Crippen LogP contribution in [0.15, 0.2) is 12.3 Å². The molecule has 1 aromatic rings. The number of rotatable bonds is 2. The van der Waals surface area contributed by atoms with Gasteiger partial charge in [0.2, 0.25) is 23.6 Å². The van der Waals surface area contributed by atoms with Gasteiger partial charge in [-0.2, -0.15) is 4.98 Å². The van der Waals surface area contributed by atoms with Crippen molar-refractivity contribution in [3.8, 4) is 5.88 Å². The number of aromatic nitrogens is 2. The number of carbonyl (C=O) groups excluding carboxylic acids is 2. The van der Waals surface area contributed by atoms with Crippen LogP contribution in [0.5, 0.6) is 5.88 Å². The van der Waals surface area contributed by atoms with E-state index in [1.54, 1.807) is 19.4 Å². The summed E-state index contributed by atoms with van der Waals surface area (Å²) in [5.74, 6) is 0.641. The smallest absolute Gasteiger partial charge is 0.235 e. The van der Waals surface area contributed by atoms with Crippen LogP contribution >= 0.6 is 0 Å². The highest BCUT2D eigenvalue weighted by Crippen LogP contribution is 2.38. The number of amides is 2. The molecule has 19 heavy (non-hydrogen) atoms. The average molecular weight is 262 g/mol. The van der Waals surface area contributed by atoms with Gasteiger partial charge in [-0.15, -0.1) is 0 Å². The summed E-state index contributed by atoms with van der Waals surface area (Å²) >= 11 is 0. The number of hydrogen-bond donors (Lipinski definition) is 1. The number of hydrogen-bond acceptors (Lipinski definition) is 6. The molecule has 0 bridgehead atoms. The summed E-state index contributed by atoms with van der Waals surface area (Å²) < 4.78 is 5.06. The molecule has 3 heterocycles. The molecule has 7 nitrogen and oxygen atoms in total. The molecule has 1 unspecified atom stereocenters. The van der Waals surface area contributed by atoms with Crippen molar-refractivity contribution in [2.24, 2.45) is 5.41 Å². The zero-order valence-corrected chi connectivity index (χ0v) is 10.5. The van der Waals surface area contributed by atoms with Crippen LogP contribution in [0.2, 0.25) is 0 Å². The van der Waals surface area contributed by atoms with Crippen LogP contribution in [-0.2, 0) is 9.59 Å². The largest absolute Gasteiger partial charge is 0.481 e. The fraction of sp³-hybridized carbons (Fsp3) is 0.500. The van der Waals surface area contributed by atoms with Crippen LogP contribution < -0.4 is 15.0 Å². The second-order valence-corrected chi connectivity index (χ2v) is 4.90. The minimum absolute atomic E-state index is 0.178. The van der Waals surface area contributed by atoms with E-state index in [1.165, 1.54) is 0 Å². The van der Waals surface area contributed by atoms with Crippen molar-refractivity contribution >= 4 is 17.8 Å². The van der Waals surface area contributed by atoms with E-state index in [0.29, 0.717) is 31.3 Å². The average Bonchev–Trinajstić information content (AvgIpc) is 2.95. The highest BCUT2D eigenvalue weighted by atomic mass is 16.5. The summed E-state index contributed by atoms with van der Waals surface area (Å²) in [5.41, 5.74) is -0.608. The Bertz CT molecular complexity index is 548. The Morgan fingerprint density at radius 3 is 3.00 bits per heavy atom. The third-order valence-electron chi connectivity index (χ3n) is 3.70. The molecular formula is C12H14N4O3. The van der Waals surface area contributed by atoms with Crippen molar-refractivity contribution in [2.75, 3.05) is 25.1 Å². The second-order valence-electron chi connectivity index (χ2n) is 4.90. The van der Waals surface area contributed by atoms with Gasteiger partial charge in [0.25, 0.3) is 0 Å². The van der Waals surface area contributed by atoms with Crippen molar-refractivity contribution in [3.63, 3.8) is 0 Å². The van der Waals surface area contributed by atoms with E-state index in [0.717, 1.165) is 0 Å². The van der Waals surface area contributed by atoms with Gasteiger partial charge in [0, 0.05) is 31.8 Å². The number of anilines is 1. The molecule has 0 aliphatic carbocycles. The molecule has 2 aliphatic rings. The Morgan fingerprint density at radius 1 is 1.47 bits per heavy atom. The molecule has 1 spiro atoms. The molecule has 1 aromatic heterocycles. The Labute approximate surface area is 110 Å². The van der Waals surface area contributed by atoms with Gasteiger partial charge in [0.1, 0.15) is 0 Å². The Hall–Kier alpha value is -2.18. The van der Waals surface area contributed by atoms with Crippen LogP contribution in [0, 0.1) is 5.41 Å². The Kier molecular flexibility index (Phi) is 2.62. The summed E-state index contributed by atoms with van der Waals surface area (Å²) in [6.45, 7) is 1.13. The van der Waals surface area contributed by atoms with E-state index in [9.17, 15) is 9.59 Å². The first-order valence-corrected chi connectivity index (χ1v) is 6.09. The number of nitrogens with zero attached hydrogens (tertiary/aromatic N) is 3. The molecule has 3 rings (SSSR count). The second kappa shape index (κ2) is 4.18. The van der Waals surface area contributed by atoms with Gasteiger partial charge >= 0.3 is 0 Å². The first-order valence-electron chi connectivity index (χ1n) is 6.09. The Balaban J connectivity index is 1.82.